The normalized spacial score (nSPS) is 13.7. The standard InChI is InChI=1S/C20H27N3O3/c1-26-22-19(24)10-4-2-3-5-11-20(25)23-13-12-16-15-8-6-7-9-17(15)21-18(16)14-23/h6-9,21H,2-5,10-14H2,1H3,(H,22,24). The van der Waals surface area contributed by atoms with Crippen LogP contribution in [0.4, 0.5) is 0 Å². The lowest BCUT2D eigenvalue weighted by Crippen LogP contribution is -2.35. The molecule has 2 heterocycles. The number of H-pyrrole nitrogens is 1. The SMILES string of the molecule is CONC(=O)CCCCCCC(=O)N1CCc2c([nH]c3ccccc23)C1. The number of hydrogen-bond donors (Lipinski definition) is 2. The molecule has 0 bridgehead atoms. The zero-order valence-corrected chi connectivity index (χ0v) is 15.3. The number of amides is 2. The van der Waals surface area contributed by atoms with Crippen LogP contribution in [0.1, 0.15) is 49.8 Å². The zero-order valence-electron chi connectivity index (χ0n) is 15.3. The fourth-order valence-electron chi connectivity index (χ4n) is 3.64. The molecule has 1 aliphatic rings. The molecule has 2 amide bonds. The molecule has 1 aliphatic heterocycles. The Bertz CT molecular complexity index is 769. The number of aromatic nitrogens is 1. The molecule has 2 N–H and O–H groups in total. The van der Waals surface area contributed by atoms with Crippen molar-refractivity contribution in [2.45, 2.75) is 51.5 Å². The Hall–Kier alpha value is -2.34. The van der Waals surface area contributed by atoms with Crippen molar-refractivity contribution in [3.63, 3.8) is 0 Å². The largest absolute Gasteiger partial charge is 0.357 e. The summed E-state index contributed by atoms with van der Waals surface area (Å²) in [6.07, 6.45) is 5.59. The number of carbonyl (C=O) groups excluding carboxylic acids is 2. The lowest BCUT2D eigenvalue weighted by Gasteiger charge is -2.27. The molecule has 140 valence electrons. The van der Waals surface area contributed by atoms with Gasteiger partial charge >= 0.3 is 0 Å². The number of aromatic amines is 1. The minimum absolute atomic E-state index is 0.0916. The summed E-state index contributed by atoms with van der Waals surface area (Å²) in [5, 5.41) is 1.28. The molecular weight excluding hydrogens is 330 g/mol. The number of hydrogen-bond acceptors (Lipinski definition) is 3. The van der Waals surface area contributed by atoms with Crippen LogP contribution >= 0.6 is 0 Å². The van der Waals surface area contributed by atoms with E-state index in [0.29, 0.717) is 19.4 Å². The van der Waals surface area contributed by atoms with E-state index in [2.05, 4.69) is 33.5 Å². The lowest BCUT2D eigenvalue weighted by atomic mass is 10.0. The molecule has 0 saturated carbocycles. The van der Waals surface area contributed by atoms with E-state index in [-0.39, 0.29) is 11.8 Å². The van der Waals surface area contributed by atoms with Gasteiger partial charge in [-0.3, -0.25) is 14.4 Å². The molecule has 26 heavy (non-hydrogen) atoms. The summed E-state index contributed by atoms with van der Waals surface area (Å²) in [4.78, 5) is 33.7. The highest BCUT2D eigenvalue weighted by atomic mass is 16.6. The van der Waals surface area contributed by atoms with Crippen molar-refractivity contribution < 1.29 is 14.4 Å². The minimum atomic E-state index is -0.0916. The third-order valence-electron chi connectivity index (χ3n) is 5.00. The van der Waals surface area contributed by atoms with Crippen LogP contribution in [0.5, 0.6) is 0 Å². The molecule has 0 fully saturated rings. The Balaban J connectivity index is 1.40. The predicted octanol–water partition coefficient (Wildman–Crippen LogP) is 3.07. The fraction of sp³-hybridized carbons (Fsp3) is 0.500. The van der Waals surface area contributed by atoms with Crippen molar-refractivity contribution >= 4 is 22.7 Å². The molecule has 1 aromatic carbocycles. The lowest BCUT2D eigenvalue weighted by molar-refractivity contribution is -0.132. The minimum Gasteiger partial charge on any atom is -0.357 e. The van der Waals surface area contributed by atoms with Gasteiger partial charge in [0.2, 0.25) is 11.8 Å². The van der Waals surface area contributed by atoms with Crippen LogP contribution in [0.3, 0.4) is 0 Å². The number of benzene rings is 1. The van der Waals surface area contributed by atoms with Crippen LogP contribution in [-0.4, -0.2) is 35.4 Å². The maximum Gasteiger partial charge on any atom is 0.243 e. The van der Waals surface area contributed by atoms with Gasteiger partial charge in [-0.25, -0.2) is 5.48 Å². The third-order valence-corrected chi connectivity index (χ3v) is 5.00. The summed E-state index contributed by atoms with van der Waals surface area (Å²) in [7, 11) is 1.43. The molecule has 3 rings (SSSR count). The number of carbonyl (C=O) groups is 2. The monoisotopic (exact) mass is 357 g/mol. The summed E-state index contributed by atoms with van der Waals surface area (Å²) in [6.45, 7) is 1.48. The highest BCUT2D eigenvalue weighted by Gasteiger charge is 2.23. The van der Waals surface area contributed by atoms with Gasteiger partial charge in [0, 0.05) is 36.0 Å². The first-order valence-corrected chi connectivity index (χ1v) is 9.37. The summed E-state index contributed by atoms with van der Waals surface area (Å²) < 4.78 is 0. The molecule has 0 unspecified atom stereocenters. The second-order valence-corrected chi connectivity index (χ2v) is 6.84. The molecule has 6 nitrogen and oxygen atoms in total. The quantitative estimate of drug-likeness (QED) is 0.563. The van der Waals surface area contributed by atoms with Gasteiger partial charge < -0.3 is 9.88 Å². The Kier molecular flexibility index (Phi) is 6.28. The molecular formula is C20H27N3O3. The Morgan fingerprint density at radius 1 is 1.15 bits per heavy atom. The molecule has 6 heteroatoms. The van der Waals surface area contributed by atoms with Gasteiger partial charge in [0.15, 0.2) is 0 Å². The molecule has 1 aromatic heterocycles. The highest BCUT2D eigenvalue weighted by Crippen LogP contribution is 2.27. The van der Waals surface area contributed by atoms with Crippen LogP contribution in [0, 0.1) is 0 Å². The molecule has 0 spiro atoms. The maximum absolute atomic E-state index is 12.5. The van der Waals surface area contributed by atoms with Gasteiger partial charge in [0.25, 0.3) is 0 Å². The average molecular weight is 357 g/mol. The van der Waals surface area contributed by atoms with E-state index >= 15 is 0 Å². The van der Waals surface area contributed by atoms with Crippen LogP contribution in [0.2, 0.25) is 0 Å². The van der Waals surface area contributed by atoms with Crippen molar-refractivity contribution in [1.82, 2.24) is 15.4 Å². The van der Waals surface area contributed by atoms with E-state index in [1.54, 1.807) is 0 Å². The maximum atomic E-state index is 12.5. The number of fused-ring (bicyclic) bond motifs is 3. The second-order valence-electron chi connectivity index (χ2n) is 6.84. The summed E-state index contributed by atoms with van der Waals surface area (Å²) in [6, 6.07) is 8.33. The average Bonchev–Trinajstić information content (AvgIpc) is 3.02. The Labute approximate surface area is 153 Å². The van der Waals surface area contributed by atoms with E-state index in [4.69, 9.17) is 0 Å². The highest BCUT2D eigenvalue weighted by molar-refractivity contribution is 5.85. The van der Waals surface area contributed by atoms with Crippen LogP contribution in [-0.2, 0) is 27.4 Å². The van der Waals surface area contributed by atoms with E-state index in [1.807, 2.05) is 11.0 Å². The topological polar surface area (TPSA) is 74.4 Å². The first-order chi connectivity index (χ1) is 12.7. The number of rotatable bonds is 8. The van der Waals surface area contributed by atoms with E-state index < -0.39 is 0 Å². The van der Waals surface area contributed by atoms with Crippen LogP contribution in [0.15, 0.2) is 24.3 Å². The van der Waals surface area contributed by atoms with Crippen molar-refractivity contribution in [3.05, 3.63) is 35.5 Å². The first-order valence-electron chi connectivity index (χ1n) is 9.37. The Morgan fingerprint density at radius 3 is 2.73 bits per heavy atom. The van der Waals surface area contributed by atoms with Gasteiger partial charge in [-0.1, -0.05) is 31.0 Å². The Morgan fingerprint density at radius 2 is 1.92 bits per heavy atom. The smallest absolute Gasteiger partial charge is 0.243 e. The predicted molar refractivity (Wildman–Crippen MR) is 100 cm³/mol. The number of hydroxylamine groups is 1. The van der Waals surface area contributed by atoms with Crippen molar-refractivity contribution in [1.29, 1.82) is 0 Å². The number of nitrogens with one attached hydrogen (secondary N) is 2. The summed E-state index contributed by atoms with van der Waals surface area (Å²) in [5.41, 5.74) is 6.01. The van der Waals surface area contributed by atoms with Gasteiger partial charge in [-0.15, -0.1) is 0 Å². The van der Waals surface area contributed by atoms with Crippen molar-refractivity contribution in [2.75, 3.05) is 13.7 Å². The van der Waals surface area contributed by atoms with Gasteiger partial charge in [-0.05, 0) is 30.9 Å². The van der Waals surface area contributed by atoms with Crippen LogP contribution < -0.4 is 5.48 Å². The zero-order chi connectivity index (χ0) is 18.4. The molecule has 0 aliphatic carbocycles. The number of nitrogens with zero attached hydrogens (tertiary/aromatic N) is 1. The van der Waals surface area contributed by atoms with Crippen molar-refractivity contribution in [2.24, 2.45) is 0 Å². The van der Waals surface area contributed by atoms with E-state index in [0.717, 1.165) is 44.2 Å². The number of para-hydroxylation sites is 1. The van der Waals surface area contributed by atoms with E-state index in [9.17, 15) is 9.59 Å². The molecule has 0 saturated heterocycles. The van der Waals surface area contributed by atoms with Gasteiger partial charge in [0.05, 0.1) is 13.7 Å². The van der Waals surface area contributed by atoms with Crippen molar-refractivity contribution in [3.8, 4) is 0 Å². The number of unbranched alkanes of at least 4 members (excludes halogenated alkanes) is 3. The fourth-order valence-corrected chi connectivity index (χ4v) is 3.64. The summed E-state index contributed by atoms with van der Waals surface area (Å²) >= 11 is 0. The van der Waals surface area contributed by atoms with E-state index in [1.165, 1.54) is 23.8 Å². The second kappa shape index (κ2) is 8.85. The molecule has 2 aromatic rings. The van der Waals surface area contributed by atoms with Gasteiger partial charge in [0.1, 0.15) is 0 Å². The van der Waals surface area contributed by atoms with Crippen LogP contribution in [0.25, 0.3) is 10.9 Å². The van der Waals surface area contributed by atoms with Gasteiger partial charge in [-0.2, -0.15) is 0 Å². The molecule has 0 atom stereocenters. The third kappa shape index (κ3) is 4.43. The molecule has 0 radical (unpaired) electrons. The first kappa shape index (κ1) is 18.5. The summed E-state index contributed by atoms with van der Waals surface area (Å²) in [5.74, 6) is 0.137.